The highest BCUT2D eigenvalue weighted by molar-refractivity contribution is 7.99. The summed E-state index contributed by atoms with van der Waals surface area (Å²) < 4.78 is 0. The molecule has 0 aliphatic heterocycles. The normalized spacial score (nSPS) is 11.9. The number of amides is 2. The number of hydrogen-bond acceptors (Lipinski definition) is 3. The van der Waals surface area contributed by atoms with E-state index in [1.165, 1.54) is 11.8 Å². The minimum atomic E-state index is -0.514. The molecular weight excluding hydrogens is 404 g/mol. The Kier molecular flexibility index (Phi) is 9.55. The summed E-state index contributed by atoms with van der Waals surface area (Å²) in [6.07, 6.45) is 0.713. The fraction of sp³-hybridized carbons (Fsp3) is 0.391. The molecule has 0 fully saturated rings. The monoisotopic (exact) mass is 432 g/mol. The van der Waals surface area contributed by atoms with Gasteiger partial charge in [-0.2, -0.15) is 0 Å². The average molecular weight is 433 g/mol. The second-order valence-electron chi connectivity index (χ2n) is 7.28. The molecule has 156 valence electrons. The van der Waals surface area contributed by atoms with E-state index in [9.17, 15) is 9.59 Å². The maximum Gasteiger partial charge on any atom is 0.242 e. The van der Waals surface area contributed by atoms with E-state index in [0.717, 1.165) is 11.1 Å². The second kappa shape index (κ2) is 11.9. The van der Waals surface area contributed by atoms with Crippen molar-refractivity contribution < 1.29 is 9.59 Å². The standard InChI is InChI=1S/C23H29ClN2O2S/c1-17(2)25-23(28)18(3)26(13-12-19-8-5-4-6-9-19)22(27)16-29-15-20-10-7-11-21(24)14-20/h4-11,14,17-18H,12-13,15-16H2,1-3H3,(H,25,28)/t18-/m1/s1. The quantitative estimate of drug-likeness (QED) is 0.598. The Hall–Kier alpha value is -1.98. The molecular formula is C23H29ClN2O2S. The molecule has 2 aromatic carbocycles. The van der Waals surface area contributed by atoms with Crippen LogP contribution in [0.15, 0.2) is 54.6 Å². The van der Waals surface area contributed by atoms with Gasteiger partial charge in [0.2, 0.25) is 11.8 Å². The van der Waals surface area contributed by atoms with Gasteiger partial charge in [-0.3, -0.25) is 9.59 Å². The first kappa shape index (κ1) is 23.3. The molecule has 0 saturated heterocycles. The van der Waals surface area contributed by atoms with Gasteiger partial charge in [-0.05, 0) is 50.5 Å². The van der Waals surface area contributed by atoms with Crippen LogP contribution < -0.4 is 5.32 Å². The molecule has 0 heterocycles. The molecule has 2 rings (SSSR count). The van der Waals surface area contributed by atoms with E-state index in [-0.39, 0.29) is 17.9 Å². The maximum atomic E-state index is 13.0. The molecule has 6 heteroatoms. The van der Waals surface area contributed by atoms with E-state index in [4.69, 9.17) is 11.6 Å². The highest BCUT2D eigenvalue weighted by Gasteiger charge is 2.25. The van der Waals surface area contributed by atoms with Crippen LogP contribution in [0.4, 0.5) is 0 Å². The Morgan fingerprint density at radius 2 is 1.72 bits per heavy atom. The van der Waals surface area contributed by atoms with E-state index in [1.807, 2.05) is 68.4 Å². The summed E-state index contributed by atoms with van der Waals surface area (Å²) in [6, 6.07) is 17.2. The van der Waals surface area contributed by atoms with Crippen molar-refractivity contribution in [3.05, 3.63) is 70.7 Å². The van der Waals surface area contributed by atoms with Crippen LogP contribution in [0.5, 0.6) is 0 Å². The van der Waals surface area contributed by atoms with Crippen molar-refractivity contribution in [2.24, 2.45) is 0 Å². The molecule has 0 saturated carbocycles. The molecule has 2 aromatic rings. The van der Waals surface area contributed by atoms with Crippen molar-refractivity contribution in [3.63, 3.8) is 0 Å². The van der Waals surface area contributed by atoms with Crippen LogP contribution in [0.2, 0.25) is 5.02 Å². The number of halogens is 1. The molecule has 0 spiro atoms. The summed E-state index contributed by atoms with van der Waals surface area (Å²) in [5.41, 5.74) is 2.23. The number of nitrogens with one attached hydrogen (secondary N) is 1. The summed E-state index contributed by atoms with van der Waals surface area (Å²) >= 11 is 7.56. The minimum absolute atomic E-state index is 0.0284. The molecule has 1 N–H and O–H groups in total. The van der Waals surface area contributed by atoms with E-state index in [1.54, 1.807) is 11.8 Å². The summed E-state index contributed by atoms with van der Waals surface area (Å²) in [5.74, 6) is 0.868. The van der Waals surface area contributed by atoms with E-state index in [0.29, 0.717) is 29.5 Å². The van der Waals surface area contributed by atoms with Crippen LogP contribution >= 0.6 is 23.4 Å². The zero-order valence-corrected chi connectivity index (χ0v) is 18.8. The zero-order valence-electron chi connectivity index (χ0n) is 17.2. The van der Waals surface area contributed by atoms with E-state index >= 15 is 0 Å². The van der Waals surface area contributed by atoms with Crippen LogP contribution in [0.25, 0.3) is 0 Å². The molecule has 29 heavy (non-hydrogen) atoms. The van der Waals surface area contributed by atoms with Gasteiger partial charge in [-0.1, -0.05) is 54.1 Å². The summed E-state index contributed by atoms with van der Waals surface area (Å²) in [4.78, 5) is 27.2. The van der Waals surface area contributed by atoms with Crippen LogP contribution in [-0.2, 0) is 21.8 Å². The van der Waals surface area contributed by atoms with Crippen molar-refractivity contribution >= 4 is 35.2 Å². The van der Waals surface area contributed by atoms with Gasteiger partial charge < -0.3 is 10.2 Å². The fourth-order valence-electron chi connectivity index (χ4n) is 2.94. The van der Waals surface area contributed by atoms with Crippen molar-refractivity contribution in [1.82, 2.24) is 10.2 Å². The molecule has 0 aliphatic rings. The Balaban J connectivity index is 1.99. The lowest BCUT2D eigenvalue weighted by molar-refractivity contribution is -0.138. The predicted octanol–water partition coefficient (Wildman–Crippen LogP) is 4.56. The molecule has 4 nitrogen and oxygen atoms in total. The van der Waals surface area contributed by atoms with Gasteiger partial charge in [0.15, 0.2) is 0 Å². The van der Waals surface area contributed by atoms with Gasteiger partial charge in [-0.15, -0.1) is 11.8 Å². The zero-order chi connectivity index (χ0) is 21.2. The van der Waals surface area contributed by atoms with Crippen LogP contribution in [0, 0.1) is 0 Å². The van der Waals surface area contributed by atoms with Crippen molar-refractivity contribution in [3.8, 4) is 0 Å². The van der Waals surface area contributed by atoms with Crippen LogP contribution in [0.1, 0.15) is 31.9 Å². The molecule has 0 aliphatic carbocycles. The highest BCUT2D eigenvalue weighted by Crippen LogP contribution is 2.18. The van der Waals surface area contributed by atoms with Crippen molar-refractivity contribution in [1.29, 1.82) is 0 Å². The third-order valence-electron chi connectivity index (χ3n) is 4.47. The number of thioether (sulfide) groups is 1. The Morgan fingerprint density at radius 3 is 2.38 bits per heavy atom. The van der Waals surface area contributed by atoms with Crippen LogP contribution in [0.3, 0.4) is 0 Å². The number of carbonyl (C=O) groups excluding carboxylic acids is 2. The third kappa shape index (κ3) is 8.11. The van der Waals surface area contributed by atoms with Gasteiger partial charge in [0.25, 0.3) is 0 Å². The second-order valence-corrected chi connectivity index (χ2v) is 8.71. The summed E-state index contributed by atoms with van der Waals surface area (Å²) in [6.45, 7) is 6.14. The first-order valence-electron chi connectivity index (χ1n) is 9.82. The number of carbonyl (C=O) groups is 2. The topological polar surface area (TPSA) is 49.4 Å². The highest BCUT2D eigenvalue weighted by atomic mass is 35.5. The van der Waals surface area contributed by atoms with Gasteiger partial charge >= 0.3 is 0 Å². The summed E-state index contributed by atoms with van der Waals surface area (Å²) in [7, 11) is 0. The molecule has 0 unspecified atom stereocenters. The average Bonchev–Trinajstić information content (AvgIpc) is 2.68. The van der Waals surface area contributed by atoms with E-state index in [2.05, 4.69) is 5.32 Å². The molecule has 0 aromatic heterocycles. The minimum Gasteiger partial charge on any atom is -0.352 e. The molecule has 1 atom stereocenters. The van der Waals surface area contributed by atoms with E-state index < -0.39 is 6.04 Å². The molecule has 0 radical (unpaired) electrons. The largest absolute Gasteiger partial charge is 0.352 e. The number of nitrogens with zero attached hydrogens (tertiary/aromatic N) is 1. The van der Waals surface area contributed by atoms with Gasteiger partial charge in [0.05, 0.1) is 5.75 Å². The third-order valence-corrected chi connectivity index (χ3v) is 5.69. The number of benzene rings is 2. The molecule has 0 bridgehead atoms. The lowest BCUT2D eigenvalue weighted by Crippen LogP contribution is -2.50. The van der Waals surface area contributed by atoms with Crippen LogP contribution in [-0.4, -0.2) is 41.1 Å². The number of hydrogen-bond donors (Lipinski definition) is 1. The fourth-order valence-corrected chi connectivity index (χ4v) is 4.01. The SMILES string of the molecule is CC(C)NC(=O)[C@@H](C)N(CCc1ccccc1)C(=O)CSCc1cccc(Cl)c1. The molecule has 2 amide bonds. The predicted molar refractivity (Wildman–Crippen MR) is 122 cm³/mol. The van der Waals surface area contributed by atoms with Crippen molar-refractivity contribution in [2.75, 3.05) is 12.3 Å². The Bertz CT molecular complexity index is 798. The first-order valence-corrected chi connectivity index (χ1v) is 11.4. The maximum absolute atomic E-state index is 13.0. The summed E-state index contributed by atoms with van der Waals surface area (Å²) in [5, 5.41) is 3.60. The smallest absolute Gasteiger partial charge is 0.242 e. The number of rotatable bonds is 10. The first-order chi connectivity index (χ1) is 13.9. The Morgan fingerprint density at radius 1 is 1.03 bits per heavy atom. The van der Waals surface area contributed by atoms with Gasteiger partial charge in [0, 0.05) is 23.4 Å². The lowest BCUT2D eigenvalue weighted by atomic mass is 10.1. The van der Waals surface area contributed by atoms with Gasteiger partial charge in [0.1, 0.15) is 6.04 Å². The lowest BCUT2D eigenvalue weighted by Gasteiger charge is -2.29. The Labute approximate surface area is 183 Å². The van der Waals surface area contributed by atoms with Crippen molar-refractivity contribution in [2.45, 2.75) is 45.0 Å². The van der Waals surface area contributed by atoms with Gasteiger partial charge in [-0.25, -0.2) is 0 Å².